The Bertz CT molecular complexity index is 416. The molecule has 4 nitrogen and oxygen atoms in total. The van der Waals surface area contributed by atoms with Crippen LogP contribution in [-0.2, 0) is 0 Å². The highest BCUT2D eigenvalue weighted by molar-refractivity contribution is 5.40. The molecule has 2 aliphatic rings. The largest absolute Gasteiger partial charge is 0.486 e. The van der Waals surface area contributed by atoms with Crippen molar-refractivity contribution in [3.63, 3.8) is 0 Å². The van der Waals surface area contributed by atoms with Crippen molar-refractivity contribution in [2.45, 2.75) is 13.0 Å². The molecule has 2 aliphatic heterocycles. The van der Waals surface area contributed by atoms with Crippen molar-refractivity contribution in [2.24, 2.45) is 0 Å². The highest BCUT2D eigenvalue weighted by Gasteiger charge is 2.28. The van der Waals surface area contributed by atoms with Crippen molar-refractivity contribution in [1.82, 2.24) is 0 Å². The van der Waals surface area contributed by atoms with Gasteiger partial charge in [-0.05, 0) is 19.1 Å². The minimum absolute atomic E-state index is 0.202. The standard InChI is InChI=1S/C15H22N2O2/c1-2-16-7-9-17(10-8-16)11-13-12-18-14-5-3-4-6-15(14)19-13/h3-6,13H,2,7-12H2,1H3/p+2/t13-/m0/s1. The number of quaternary nitrogens is 2. The molecule has 0 radical (unpaired) electrons. The summed E-state index contributed by atoms with van der Waals surface area (Å²) in [6, 6.07) is 7.96. The van der Waals surface area contributed by atoms with E-state index in [0.29, 0.717) is 6.61 Å². The monoisotopic (exact) mass is 264 g/mol. The fourth-order valence-corrected chi connectivity index (χ4v) is 3.00. The molecule has 0 unspecified atom stereocenters. The molecule has 0 spiro atoms. The summed E-state index contributed by atoms with van der Waals surface area (Å²) in [6.07, 6.45) is 0.202. The Morgan fingerprint density at radius 1 is 1.05 bits per heavy atom. The first-order chi connectivity index (χ1) is 9.35. The van der Waals surface area contributed by atoms with Crippen molar-refractivity contribution in [2.75, 3.05) is 45.9 Å². The molecule has 104 valence electrons. The van der Waals surface area contributed by atoms with Gasteiger partial charge in [0.05, 0.1) is 6.54 Å². The first-order valence-electron chi connectivity index (χ1n) is 7.40. The summed E-state index contributed by atoms with van der Waals surface area (Å²) in [5.74, 6) is 1.78. The molecule has 1 fully saturated rings. The van der Waals surface area contributed by atoms with E-state index >= 15 is 0 Å². The summed E-state index contributed by atoms with van der Waals surface area (Å²) >= 11 is 0. The molecule has 0 aliphatic carbocycles. The van der Waals surface area contributed by atoms with Crippen molar-refractivity contribution >= 4 is 0 Å². The first-order valence-corrected chi connectivity index (χ1v) is 7.40. The Kier molecular flexibility index (Phi) is 3.89. The maximum atomic E-state index is 6.04. The van der Waals surface area contributed by atoms with Crippen LogP contribution in [0.15, 0.2) is 24.3 Å². The molecule has 0 aromatic heterocycles. The van der Waals surface area contributed by atoms with Crippen LogP contribution in [0.5, 0.6) is 11.5 Å². The van der Waals surface area contributed by atoms with E-state index in [1.54, 1.807) is 9.80 Å². The molecule has 0 saturated carbocycles. The summed E-state index contributed by atoms with van der Waals surface area (Å²) in [5, 5.41) is 0. The van der Waals surface area contributed by atoms with Gasteiger partial charge in [0, 0.05) is 0 Å². The molecule has 1 aromatic rings. The van der Waals surface area contributed by atoms with Crippen LogP contribution in [0, 0.1) is 0 Å². The zero-order chi connectivity index (χ0) is 13.1. The second-order valence-electron chi connectivity index (χ2n) is 5.56. The third kappa shape index (κ3) is 3.01. The predicted molar refractivity (Wildman–Crippen MR) is 73.2 cm³/mol. The predicted octanol–water partition coefficient (Wildman–Crippen LogP) is -1.37. The lowest BCUT2D eigenvalue weighted by atomic mass is 10.2. The van der Waals surface area contributed by atoms with Crippen molar-refractivity contribution < 1.29 is 19.3 Å². The molecule has 2 heterocycles. The number of ether oxygens (including phenoxy) is 2. The minimum atomic E-state index is 0.202. The smallest absolute Gasteiger partial charge is 0.181 e. The summed E-state index contributed by atoms with van der Waals surface area (Å²) in [7, 11) is 0. The number of para-hydroxylation sites is 2. The third-order valence-corrected chi connectivity index (χ3v) is 4.25. The number of rotatable bonds is 3. The lowest BCUT2D eigenvalue weighted by Gasteiger charge is -2.33. The lowest BCUT2D eigenvalue weighted by molar-refractivity contribution is -1.01. The number of piperazine rings is 1. The quantitative estimate of drug-likeness (QED) is 0.705. The van der Waals surface area contributed by atoms with Crippen molar-refractivity contribution in [3.8, 4) is 11.5 Å². The number of benzene rings is 1. The second-order valence-corrected chi connectivity index (χ2v) is 5.56. The summed E-state index contributed by atoms with van der Waals surface area (Å²) < 4.78 is 11.8. The SMILES string of the molecule is CC[NH+]1CC[NH+](C[C@H]2COc3ccccc3O2)CC1. The van der Waals surface area contributed by atoms with Gasteiger partial charge in [-0.3, -0.25) is 0 Å². The van der Waals surface area contributed by atoms with E-state index in [-0.39, 0.29) is 6.10 Å². The van der Waals surface area contributed by atoms with E-state index in [0.717, 1.165) is 18.0 Å². The maximum Gasteiger partial charge on any atom is 0.181 e. The number of hydrogen-bond acceptors (Lipinski definition) is 2. The maximum absolute atomic E-state index is 6.04. The van der Waals surface area contributed by atoms with Gasteiger partial charge in [-0.1, -0.05) is 12.1 Å². The number of nitrogens with one attached hydrogen (secondary N) is 2. The number of fused-ring (bicyclic) bond motifs is 1. The molecular formula is C15H24N2O2+2. The second kappa shape index (κ2) is 5.80. The minimum Gasteiger partial charge on any atom is -0.486 e. The Morgan fingerprint density at radius 3 is 2.47 bits per heavy atom. The molecular weight excluding hydrogens is 240 g/mol. The van der Waals surface area contributed by atoms with Crippen LogP contribution in [0.25, 0.3) is 0 Å². The van der Waals surface area contributed by atoms with E-state index in [1.165, 1.54) is 32.7 Å². The average molecular weight is 264 g/mol. The Hall–Kier alpha value is -1.26. The molecule has 0 amide bonds. The fourth-order valence-electron chi connectivity index (χ4n) is 3.00. The average Bonchev–Trinajstić information content (AvgIpc) is 2.48. The van der Waals surface area contributed by atoms with Gasteiger partial charge in [-0.25, -0.2) is 0 Å². The molecule has 1 aromatic carbocycles. The van der Waals surface area contributed by atoms with E-state index in [4.69, 9.17) is 9.47 Å². The Balaban J connectivity index is 1.52. The van der Waals surface area contributed by atoms with Crippen molar-refractivity contribution in [1.29, 1.82) is 0 Å². The number of hydrogen-bond donors (Lipinski definition) is 2. The van der Waals surface area contributed by atoms with Gasteiger partial charge < -0.3 is 19.3 Å². The number of likely N-dealkylation sites (N-methyl/N-ethyl adjacent to an activating group) is 1. The topological polar surface area (TPSA) is 27.3 Å². The van der Waals surface area contributed by atoms with Crippen LogP contribution in [-0.4, -0.2) is 52.0 Å². The van der Waals surface area contributed by atoms with Gasteiger partial charge in [-0.15, -0.1) is 0 Å². The van der Waals surface area contributed by atoms with Crippen LogP contribution >= 0.6 is 0 Å². The van der Waals surface area contributed by atoms with Gasteiger partial charge in [0.25, 0.3) is 0 Å². The summed E-state index contributed by atoms with van der Waals surface area (Å²) in [4.78, 5) is 3.39. The van der Waals surface area contributed by atoms with Gasteiger partial charge in [-0.2, -0.15) is 0 Å². The van der Waals surface area contributed by atoms with Gasteiger partial charge in [0.1, 0.15) is 39.3 Å². The Labute approximate surface area is 114 Å². The van der Waals surface area contributed by atoms with Gasteiger partial charge in [0.15, 0.2) is 17.6 Å². The normalized spacial score (nSPS) is 30.1. The Morgan fingerprint density at radius 2 is 1.74 bits per heavy atom. The van der Waals surface area contributed by atoms with E-state index in [2.05, 4.69) is 6.92 Å². The summed E-state index contributed by atoms with van der Waals surface area (Å²) in [5.41, 5.74) is 0. The molecule has 4 heteroatoms. The molecule has 3 rings (SSSR count). The molecule has 0 bridgehead atoms. The van der Waals surface area contributed by atoms with Crippen LogP contribution in [0.2, 0.25) is 0 Å². The van der Waals surface area contributed by atoms with Crippen LogP contribution < -0.4 is 19.3 Å². The highest BCUT2D eigenvalue weighted by Crippen LogP contribution is 2.30. The third-order valence-electron chi connectivity index (χ3n) is 4.25. The van der Waals surface area contributed by atoms with Gasteiger partial charge >= 0.3 is 0 Å². The van der Waals surface area contributed by atoms with E-state index in [1.807, 2.05) is 24.3 Å². The molecule has 19 heavy (non-hydrogen) atoms. The van der Waals surface area contributed by atoms with Gasteiger partial charge in [0.2, 0.25) is 0 Å². The van der Waals surface area contributed by atoms with Crippen molar-refractivity contribution in [3.05, 3.63) is 24.3 Å². The molecule has 1 atom stereocenters. The van der Waals surface area contributed by atoms with E-state index in [9.17, 15) is 0 Å². The van der Waals surface area contributed by atoms with Crippen LogP contribution in [0.3, 0.4) is 0 Å². The fraction of sp³-hybridized carbons (Fsp3) is 0.600. The highest BCUT2D eigenvalue weighted by atomic mass is 16.6. The first kappa shape index (κ1) is 12.8. The summed E-state index contributed by atoms with van der Waals surface area (Å²) in [6.45, 7) is 10.4. The van der Waals surface area contributed by atoms with Crippen LogP contribution in [0.1, 0.15) is 6.92 Å². The zero-order valence-electron chi connectivity index (χ0n) is 11.7. The molecule has 2 N–H and O–H groups in total. The lowest BCUT2D eigenvalue weighted by Crippen LogP contribution is -3.28. The van der Waals surface area contributed by atoms with E-state index < -0.39 is 0 Å². The molecule has 1 saturated heterocycles. The zero-order valence-corrected chi connectivity index (χ0v) is 11.7. The van der Waals surface area contributed by atoms with Crippen LogP contribution in [0.4, 0.5) is 0 Å².